The molecule has 2 rings (SSSR count). The summed E-state index contributed by atoms with van der Waals surface area (Å²) in [5.41, 5.74) is 0. The van der Waals surface area contributed by atoms with E-state index in [0.717, 1.165) is 12.8 Å². The van der Waals surface area contributed by atoms with E-state index < -0.39 is 5.97 Å². The number of nitrogens with zero attached hydrogens (tertiary/aromatic N) is 3. The molecule has 1 aliphatic carbocycles. The van der Waals surface area contributed by atoms with Crippen LogP contribution in [0.3, 0.4) is 0 Å². The molecular weight excluding hydrogens is 262 g/mol. The van der Waals surface area contributed by atoms with Crippen molar-refractivity contribution >= 4 is 12.0 Å². The lowest BCUT2D eigenvalue weighted by Gasteiger charge is -2.16. The zero-order valence-corrected chi connectivity index (χ0v) is 11.4. The summed E-state index contributed by atoms with van der Waals surface area (Å²) in [7, 11) is 1.75. The van der Waals surface area contributed by atoms with E-state index >= 15 is 0 Å². The highest BCUT2D eigenvalue weighted by Crippen LogP contribution is 2.31. The first-order valence-electron chi connectivity index (χ1n) is 6.65. The topological polar surface area (TPSA) is 109 Å². The zero-order valence-electron chi connectivity index (χ0n) is 11.4. The summed E-state index contributed by atoms with van der Waals surface area (Å²) >= 11 is 0. The number of nitrogens with one attached hydrogen (secondary N) is 2. The third kappa shape index (κ3) is 3.69. The molecule has 0 aromatic carbocycles. The minimum absolute atomic E-state index is 0.0197. The molecule has 0 bridgehead atoms. The average molecular weight is 281 g/mol. The number of amides is 2. The Morgan fingerprint density at radius 1 is 1.45 bits per heavy atom. The number of aryl methyl sites for hydroxylation is 1. The van der Waals surface area contributed by atoms with E-state index in [1.54, 1.807) is 18.1 Å². The van der Waals surface area contributed by atoms with E-state index in [4.69, 9.17) is 5.11 Å². The highest BCUT2D eigenvalue weighted by Gasteiger charge is 2.32. The maximum atomic E-state index is 11.6. The normalized spacial score (nSPS) is 21.6. The Morgan fingerprint density at radius 3 is 2.90 bits per heavy atom. The number of carboxylic acid groups (broad SMARTS) is 1. The van der Waals surface area contributed by atoms with Crippen LogP contribution in [0.5, 0.6) is 0 Å². The zero-order chi connectivity index (χ0) is 14.5. The largest absolute Gasteiger partial charge is 0.481 e. The van der Waals surface area contributed by atoms with Gasteiger partial charge in [-0.25, -0.2) is 9.78 Å². The summed E-state index contributed by atoms with van der Waals surface area (Å²) in [4.78, 5) is 26.6. The van der Waals surface area contributed by atoms with Gasteiger partial charge in [-0.15, -0.1) is 0 Å². The third-order valence-electron chi connectivity index (χ3n) is 3.56. The molecule has 2 unspecified atom stereocenters. The second-order valence-corrected chi connectivity index (χ2v) is 5.03. The number of hydrogen-bond donors (Lipinski definition) is 3. The third-order valence-corrected chi connectivity index (χ3v) is 3.56. The van der Waals surface area contributed by atoms with Gasteiger partial charge in [-0.3, -0.25) is 9.48 Å². The van der Waals surface area contributed by atoms with Crippen LogP contribution in [0.15, 0.2) is 6.33 Å². The molecule has 0 spiro atoms. The first-order valence-corrected chi connectivity index (χ1v) is 6.65. The standard InChI is InChI=1S/C12H19N5O3/c1-17-7-15-10(16-17)6-14-12(20)13-5-8-3-2-4-9(8)11(18)19/h7-9H,2-6H2,1H3,(H,18,19)(H2,13,14,20). The van der Waals surface area contributed by atoms with Gasteiger partial charge >= 0.3 is 12.0 Å². The van der Waals surface area contributed by atoms with Crippen molar-refractivity contribution in [1.29, 1.82) is 0 Å². The molecule has 20 heavy (non-hydrogen) atoms. The number of carbonyl (C=O) groups is 2. The lowest BCUT2D eigenvalue weighted by Crippen LogP contribution is -2.39. The van der Waals surface area contributed by atoms with E-state index in [9.17, 15) is 9.59 Å². The van der Waals surface area contributed by atoms with E-state index in [1.807, 2.05) is 0 Å². The molecule has 2 amide bonds. The van der Waals surface area contributed by atoms with Gasteiger partial charge in [0.25, 0.3) is 0 Å². The van der Waals surface area contributed by atoms with E-state index in [2.05, 4.69) is 20.7 Å². The summed E-state index contributed by atoms with van der Waals surface area (Å²) in [6.45, 7) is 0.637. The van der Waals surface area contributed by atoms with Crippen molar-refractivity contribution in [3.63, 3.8) is 0 Å². The Labute approximate surface area is 116 Å². The van der Waals surface area contributed by atoms with Crippen LogP contribution in [0.4, 0.5) is 4.79 Å². The van der Waals surface area contributed by atoms with Gasteiger partial charge in [0.2, 0.25) is 0 Å². The Hall–Kier alpha value is -2.12. The number of carboxylic acids is 1. The Bertz CT molecular complexity index is 487. The summed E-state index contributed by atoms with van der Waals surface area (Å²) in [5.74, 6) is -0.557. The maximum Gasteiger partial charge on any atom is 0.315 e. The van der Waals surface area contributed by atoms with Crippen molar-refractivity contribution in [1.82, 2.24) is 25.4 Å². The predicted octanol–water partition coefficient (Wildman–Crippen LogP) is 0.115. The Balaban J connectivity index is 1.71. The lowest BCUT2D eigenvalue weighted by molar-refractivity contribution is -0.142. The molecule has 8 heteroatoms. The number of aromatic nitrogens is 3. The van der Waals surface area contributed by atoms with Crippen molar-refractivity contribution in [2.75, 3.05) is 6.54 Å². The minimum Gasteiger partial charge on any atom is -0.481 e. The van der Waals surface area contributed by atoms with Gasteiger partial charge in [0.15, 0.2) is 5.82 Å². The van der Waals surface area contributed by atoms with Crippen LogP contribution in [0, 0.1) is 11.8 Å². The van der Waals surface area contributed by atoms with E-state index in [1.165, 1.54) is 0 Å². The fourth-order valence-electron chi connectivity index (χ4n) is 2.52. The number of carbonyl (C=O) groups excluding carboxylic acids is 1. The van der Waals surface area contributed by atoms with Gasteiger partial charge < -0.3 is 15.7 Å². The van der Waals surface area contributed by atoms with Gasteiger partial charge in [0, 0.05) is 13.6 Å². The fourth-order valence-corrected chi connectivity index (χ4v) is 2.52. The molecule has 1 aromatic heterocycles. The van der Waals surface area contributed by atoms with Crippen molar-refractivity contribution < 1.29 is 14.7 Å². The SMILES string of the molecule is Cn1cnc(CNC(=O)NCC2CCCC2C(=O)O)n1. The van der Waals surface area contributed by atoms with Crippen LogP contribution in [-0.4, -0.2) is 38.4 Å². The van der Waals surface area contributed by atoms with E-state index in [-0.39, 0.29) is 24.4 Å². The molecule has 3 N–H and O–H groups in total. The van der Waals surface area contributed by atoms with Crippen LogP contribution < -0.4 is 10.6 Å². The summed E-state index contributed by atoms with van der Waals surface area (Å²) in [6.07, 6.45) is 4.01. The number of aliphatic carboxylic acids is 1. The molecule has 1 aromatic rings. The van der Waals surface area contributed by atoms with Crippen LogP contribution in [0.2, 0.25) is 0 Å². The smallest absolute Gasteiger partial charge is 0.315 e. The highest BCUT2D eigenvalue weighted by atomic mass is 16.4. The molecule has 1 aliphatic rings. The number of rotatable bonds is 5. The molecule has 1 fully saturated rings. The van der Waals surface area contributed by atoms with Crippen molar-refractivity contribution in [2.45, 2.75) is 25.8 Å². The first-order chi connectivity index (χ1) is 9.56. The van der Waals surface area contributed by atoms with Crippen LogP contribution in [0.1, 0.15) is 25.1 Å². The maximum absolute atomic E-state index is 11.6. The average Bonchev–Trinajstić information content (AvgIpc) is 3.02. The number of urea groups is 1. The van der Waals surface area contributed by atoms with Crippen LogP contribution in [0.25, 0.3) is 0 Å². The molecule has 0 saturated heterocycles. The number of hydrogen-bond acceptors (Lipinski definition) is 4. The Morgan fingerprint density at radius 2 is 2.25 bits per heavy atom. The molecule has 1 saturated carbocycles. The Kier molecular flexibility index (Phi) is 4.54. The monoisotopic (exact) mass is 281 g/mol. The molecular formula is C12H19N5O3. The summed E-state index contributed by atoms with van der Waals surface area (Å²) in [6, 6.07) is -0.325. The van der Waals surface area contributed by atoms with Gasteiger partial charge in [-0.1, -0.05) is 6.42 Å². The van der Waals surface area contributed by atoms with Crippen LogP contribution in [-0.2, 0) is 18.4 Å². The van der Waals surface area contributed by atoms with Gasteiger partial charge in [-0.2, -0.15) is 5.10 Å². The highest BCUT2D eigenvalue weighted by molar-refractivity contribution is 5.74. The van der Waals surface area contributed by atoms with Crippen molar-refractivity contribution in [3.05, 3.63) is 12.2 Å². The van der Waals surface area contributed by atoms with Gasteiger partial charge in [0.05, 0.1) is 12.5 Å². The lowest BCUT2D eigenvalue weighted by atomic mass is 9.96. The molecule has 0 aliphatic heterocycles. The second-order valence-electron chi connectivity index (χ2n) is 5.03. The molecule has 0 radical (unpaired) electrons. The first kappa shape index (κ1) is 14.3. The summed E-state index contributed by atoms with van der Waals surface area (Å²) in [5, 5.41) is 18.5. The molecule has 110 valence electrons. The molecule has 2 atom stereocenters. The van der Waals surface area contributed by atoms with Crippen LogP contribution >= 0.6 is 0 Å². The summed E-state index contributed by atoms with van der Waals surface area (Å²) < 4.78 is 1.56. The van der Waals surface area contributed by atoms with Gasteiger partial charge in [-0.05, 0) is 18.8 Å². The van der Waals surface area contributed by atoms with Crippen molar-refractivity contribution in [3.8, 4) is 0 Å². The fraction of sp³-hybridized carbons (Fsp3) is 0.667. The second kappa shape index (κ2) is 6.36. The molecule has 1 heterocycles. The quantitative estimate of drug-likeness (QED) is 0.710. The predicted molar refractivity (Wildman–Crippen MR) is 69.7 cm³/mol. The van der Waals surface area contributed by atoms with Gasteiger partial charge in [0.1, 0.15) is 6.33 Å². The van der Waals surface area contributed by atoms with Crippen molar-refractivity contribution in [2.24, 2.45) is 18.9 Å². The minimum atomic E-state index is -0.771. The van der Waals surface area contributed by atoms with E-state index in [0.29, 0.717) is 18.8 Å². The molecule has 8 nitrogen and oxygen atoms in total.